The molecule has 0 amide bonds. The van der Waals surface area contributed by atoms with Crippen LogP contribution in [0.3, 0.4) is 0 Å². The maximum absolute atomic E-state index is 10.7. The molecule has 1 aliphatic carbocycles. The van der Waals surface area contributed by atoms with E-state index in [0.29, 0.717) is 6.42 Å². The van der Waals surface area contributed by atoms with Crippen LogP contribution in [0, 0.1) is 5.41 Å². The maximum atomic E-state index is 10.7. The van der Waals surface area contributed by atoms with Gasteiger partial charge in [0.2, 0.25) is 0 Å². The van der Waals surface area contributed by atoms with Crippen LogP contribution < -0.4 is 0 Å². The summed E-state index contributed by atoms with van der Waals surface area (Å²) in [6.07, 6.45) is 9.17. The van der Waals surface area contributed by atoms with Crippen LogP contribution in [0.25, 0.3) is 0 Å². The Morgan fingerprint density at radius 1 is 1.27 bits per heavy atom. The average Bonchev–Trinajstić information content (AvgIpc) is 2.14. The van der Waals surface area contributed by atoms with E-state index in [1.54, 1.807) is 19.1 Å². The fourth-order valence-electron chi connectivity index (χ4n) is 1.40. The van der Waals surface area contributed by atoms with Gasteiger partial charge in [-0.1, -0.05) is 37.3 Å². The SMILES string of the molecule is CC1(C=C(C(=O)O)C(=O)O)C=CC=CC1. The second kappa shape index (κ2) is 4.13. The maximum Gasteiger partial charge on any atom is 0.342 e. The van der Waals surface area contributed by atoms with Gasteiger partial charge in [0.05, 0.1) is 0 Å². The number of carboxylic acids is 2. The van der Waals surface area contributed by atoms with E-state index in [2.05, 4.69) is 0 Å². The standard InChI is InChI=1S/C11H12O4/c1-11(5-3-2-4-6-11)7-8(9(12)13)10(14)15/h2-5,7H,6H2,1H3,(H,12,13)(H,14,15). The largest absolute Gasteiger partial charge is 0.477 e. The quantitative estimate of drug-likeness (QED) is 0.419. The van der Waals surface area contributed by atoms with Crippen LogP contribution in [-0.4, -0.2) is 22.2 Å². The van der Waals surface area contributed by atoms with Crippen molar-refractivity contribution in [1.82, 2.24) is 0 Å². The zero-order valence-corrected chi connectivity index (χ0v) is 8.30. The highest BCUT2D eigenvalue weighted by molar-refractivity contribution is 6.12. The van der Waals surface area contributed by atoms with E-state index < -0.39 is 22.9 Å². The van der Waals surface area contributed by atoms with Crippen molar-refractivity contribution in [2.24, 2.45) is 5.41 Å². The lowest BCUT2D eigenvalue weighted by Gasteiger charge is -2.22. The highest BCUT2D eigenvalue weighted by atomic mass is 16.4. The first kappa shape index (κ1) is 11.2. The van der Waals surface area contributed by atoms with Crippen LogP contribution in [0.2, 0.25) is 0 Å². The number of rotatable bonds is 3. The van der Waals surface area contributed by atoms with Gasteiger partial charge in [-0.05, 0) is 6.42 Å². The molecule has 0 aromatic heterocycles. The van der Waals surface area contributed by atoms with Gasteiger partial charge in [-0.25, -0.2) is 9.59 Å². The zero-order chi connectivity index (χ0) is 11.5. The van der Waals surface area contributed by atoms with Crippen molar-refractivity contribution in [3.63, 3.8) is 0 Å². The zero-order valence-electron chi connectivity index (χ0n) is 8.30. The predicted octanol–water partition coefficient (Wildman–Crippen LogP) is 1.60. The van der Waals surface area contributed by atoms with Crippen molar-refractivity contribution in [2.45, 2.75) is 13.3 Å². The normalized spacial score (nSPS) is 23.5. The molecule has 0 fully saturated rings. The van der Waals surface area contributed by atoms with Gasteiger partial charge in [0.1, 0.15) is 5.57 Å². The van der Waals surface area contributed by atoms with Gasteiger partial charge in [0.25, 0.3) is 0 Å². The summed E-state index contributed by atoms with van der Waals surface area (Å²) in [5, 5.41) is 17.4. The average molecular weight is 208 g/mol. The van der Waals surface area contributed by atoms with Gasteiger partial charge in [-0.2, -0.15) is 0 Å². The Labute approximate surface area is 87.2 Å². The summed E-state index contributed by atoms with van der Waals surface area (Å²) in [4.78, 5) is 21.3. The summed E-state index contributed by atoms with van der Waals surface area (Å²) >= 11 is 0. The first-order chi connectivity index (χ1) is 6.94. The molecule has 1 rings (SSSR count). The summed E-state index contributed by atoms with van der Waals surface area (Å²) in [6, 6.07) is 0. The highest BCUT2D eigenvalue weighted by Crippen LogP contribution is 2.29. The third-order valence-electron chi connectivity index (χ3n) is 2.22. The molecule has 2 N–H and O–H groups in total. The molecule has 4 nitrogen and oxygen atoms in total. The van der Waals surface area contributed by atoms with Gasteiger partial charge in [0.15, 0.2) is 0 Å². The monoisotopic (exact) mass is 208 g/mol. The molecule has 0 aromatic rings. The van der Waals surface area contributed by atoms with Gasteiger partial charge in [-0.3, -0.25) is 0 Å². The van der Waals surface area contributed by atoms with E-state index >= 15 is 0 Å². The first-order valence-electron chi connectivity index (χ1n) is 4.48. The first-order valence-corrected chi connectivity index (χ1v) is 4.48. The van der Waals surface area contributed by atoms with Crippen LogP contribution >= 0.6 is 0 Å². The lowest BCUT2D eigenvalue weighted by atomic mass is 9.82. The molecule has 15 heavy (non-hydrogen) atoms. The summed E-state index contributed by atoms with van der Waals surface area (Å²) in [5.41, 5.74) is -1.11. The van der Waals surface area contributed by atoms with E-state index in [4.69, 9.17) is 10.2 Å². The lowest BCUT2D eigenvalue weighted by Crippen LogP contribution is -2.18. The smallest absolute Gasteiger partial charge is 0.342 e. The highest BCUT2D eigenvalue weighted by Gasteiger charge is 2.24. The number of aliphatic carboxylic acids is 2. The molecule has 0 aromatic carbocycles. The fourth-order valence-corrected chi connectivity index (χ4v) is 1.40. The number of allylic oxidation sites excluding steroid dienone is 5. The van der Waals surface area contributed by atoms with Crippen molar-refractivity contribution in [3.8, 4) is 0 Å². The minimum absolute atomic E-state index is 0.527. The Morgan fingerprint density at radius 3 is 2.27 bits per heavy atom. The molecular weight excluding hydrogens is 196 g/mol. The molecule has 1 aliphatic rings. The van der Waals surface area contributed by atoms with E-state index in [-0.39, 0.29) is 0 Å². The van der Waals surface area contributed by atoms with E-state index in [0.717, 1.165) is 0 Å². The fraction of sp³-hybridized carbons (Fsp3) is 0.273. The van der Waals surface area contributed by atoms with Crippen molar-refractivity contribution in [2.75, 3.05) is 0 Å². The van der Waals surface area contributed by atoms with Crippen LogP contribution in [0.4, 0.5) is 0 Å². The van der Waals surface area contributed by atoms with Gasteiger partial charge in [0, 0.05) is 5.41 Å². The third kappa shape index (κ3) is 2.80. The van der Waals surface area contributed by atoms with E-state index in [1.807, 2.05) is 12.2 Å². The molecule has 4 heteroatoms. The van der Waals surface area contributed by atoms with E-state index in [1.165, 1.54) is 6.08 Å². The Hall–Kier alpha value is -1.84. The summed E-state index contributed by atoms with van der Waals surface area (Å²) in [7, 11) is 0. The number of hydrogen-bond donors (Lipinski definition) is 2. The van der Waals surface area contributed by atoms with Crippen LogP contribution in [0.5, 0.6) is 0 Å². The Bertz CT molecular complexity index is 360. The molecule has 0 radical (unpaired) electrons. The second-order valence-electron chi connectivity index (χ2n) is 3.67. The molecule has 0 spiro atoms. The lowest BCUT2D eigenvalue weighted by molar-refractivity contribution is -0.140. The van der Waals surface area contributed by atoms with Crippen molar-refractivity contribution in [3.05, 3.63) is 36.0 Å². The van der Waals surface area contributed by atoms with Crippen molar-refractivity contribution < 1.29 is 19.8 Å². The second-order valence-corrected chi connectivity index (χ2v) is 3.67. The third-order valence-corrected chi connectivity index (χ3v) is 2.22. The van der Waals surface area contributed by atoms with Crippen LogP contribution in [0.1, 0.15) is 13.3 Å². The number of hydrogen-bond acceptors (Lipinski definition) is 2. The molecule has 1 atom stereocenters. The molecule has 0 heterocycles. The predicted molar refractivity (Wildman–Crippen MR) is 54.4 cm³/mol. The van der Waals surface area contributed by atoms with Crippen LogP contribution in [-0.2, 0) is 9.59 Å². The molecule has 80 valence electrons. The van der Waals surface area contributed by atoms with E-state index in [9.17, 15) is 9.59 Å². The molecule has 0 saturated heterocycles. The minimum atomic E-state index is -1.41. The van der Waals surface area contributed by atoms with Gasteiger partial charge in [-0.15, -0.1) is 0 Å². The van der Waals surface area contributed by atoms with Crippen molar-refractivity contribution >= 4 is 11.9 Å². The van der Waals surface area contributed by atoms with Gasteiger partial charge >= 0.3 is 11.9 Å². The summed E-state index contributed by atoms with van der Waals surface area (Å²) in [6.45, 7) is 1.79. The molecular formula is C11H12O4. The topological polar surface area (TPSA) is 74.6 Å². The number of carboxylic acid groups (broad SMARTS) is 2. The van der Waals surface area contributed by atoms with Crippen LogP contribution in [0.15, 0.2) is 36.0 Å². The summed E-state index contributed by atoms with van der Waals surface area (Å²) < 4.78 is 0. The Morgan fingerprint density at radius 2 is 1.87 bits per heavy atom. The molecule has 0 saturated carbocycles. The minimum Gasteiger partial charge on any atom is -0.477 e. The van der Waals surface area contributed by atoms with Crippen molar-refractivity contribution in [1.29, 1.82) is 0 Å². The van der Waals surface area contributed by atoms with Gasteiger partial charge < -0.3 is 10.2 Å². The Balaban J connectivity index is 3.02. The number of carbonyl (C=O) groups is 2. The molecule has 1 unspecified atom stereocenters. The Kier molecular flexibility index (Phi) is 3.09. The summed E-state index contributed by atoms with van der Waals surface area (Å²) in [5.74, 6) is -2.82. The molecule has 0 aliphatic heterocycles. The molecule has 0 bridgehead atoms.